The number of aryl methyl sites for hydroxylation is 1. The van der Waals surface area contributed by atoms with Crippen LogP contribution in [-0.2, 0) is 4.79 Å². The second-order valence-corrected chi connectivity index (χ2v) is 7.83. The molecular weight excluding hydrogens is 434 g/mol. The number of carbonyl (C=O) groups is 1. The van der Waals surface area contributed by atoms with E-state index in [1.54, 1.807) is 0 Å². The Hall–Kier alpha value is -3.49. The summed E-state index contributed by atoms with van der Waals surface area (Å²) in [6, 6.07) is 15.7. The number of benzene rings is 2. The Kier molecular flexibility index (Phi) is 6.40. The van der Waals surface area contributed by atoms with E-state index in [1.807, 2.05) is 41.1 Å². The van der Waals surface area contributed by atoms with Crippen molar-refractivity contribution in [3.05, 3.63) is 87.9 Å². The molecule has 31 heavy (non-hydrogen) atoms. The molecule has 1 N–H and O–H groups in total. The summed E-state index contributed by atoms with van der Waals surface area (Å²) in [4.78, 5) is 20.7. The van der Waals surface area contributed by atoms with Gasteiger partial charge in [0.1, 0.15) is 0 Å². The van der Waals surface area contributed by atoms with Crippen molar-refractivity contribution in [3.63, 3.8) is 0 Å². The molecule has 0 spiro atoms. The summed E-state index contributed by atoms with van der Waals surface area (Å²) < 4.78 is 7.27. The molecular formula is C22H18ClN5O2S. The van der Waals surface area contributed by atoms with Gasteiger partial charge in [0, 0.05) is 28.5 Å². The zero-order valence-corrected chi connectivity index (χ0v) is 18.1. The molecule has 9 heteroatoms. The molecule has 4 rings (SSSR count). The van der Waals surface area contributed by atoms with E-state index in [-0.39, 0.29) is 12.5 Å². The Morgan fingerprint density at radius 1 is 1.16 bits per heavy atom. The molecule has 2 aromatic carbocycles. The van der Waals surface area contributed by atoms with Crippen LogP contribution in [0, 0.1) is 6.92 Å². The van der Waals surface area contributed by atoms with Crippen LogP contribution in [0.5, 0.6) is 5.88 Å². The molecule has 0 unspecified atom stereocenters. The molecule has 7 nitrogen and oxygen atoms in total. The summed E-state index contributed by atoms with van der Waals surface area (Å²) in [5.41, 5.74) is 6.59. The fourth-order valence-electron chi connectivity index (χ4n) is 2.80. The lowest BCUT2D eigenvalue weighted by molar-refractivity contribution is -0.123. The summed E-state index contributed by atoms with van der Waals surface area (Å²) in [6.45, 7) is 1.82. The van der Waals surface area contributed by atoms with Crippen LogP contribution < -0.4 is 15.0 Å². The highest BCUT2D eigenvalue weighted by Gasteiger charge is 2.11. The third-order valence-corrected chi connectivity index (χ3v) is 5.38. The maximum absolute atomic E-state index is 12.2. The predicted octanol–water partition coefficient (Wildman–Crippen LogP) is 3.97. The van der Waals surface area contributed by atoms with E-state index in [0.29, 0.717) is 9.82 Å². The Labute approximate surface area is 187 Å². The molecule has 156 valence electrons. The van der Waals surface area contributed by atoms with Gasteiger partial charge in [-0.15, -0.1) is 16.4 Å². The fraction of sp³-hybridized carbons (Fsp3) is 0.0909. The first-order valence-electron chi connectivity index (χ1n) is 9.35. The maximum Gasteiger partial charge on any atom is 0.278 e. The van der Waals surface area contributed by atoms with Gasteiger partial charge in [0.2, 0.25) is 10.7 Å². The van der Waals surface area contributed by atoms with Crippen LogP contribution in [0.4, 0.5) is 0 Å². The lowest BCUT2D eigenvalue weighted by atomic mass is 10.1. The Morgan fingerprint density at radius 3 is 2.65 bits per heavy atom. The molecule has 0 fully saturated rings. The van der Waals surface area contributed by atoms with Crippen LogP contribution in [0.1, 0.15) is 5.56 Å². The highest BCUT2D eigenvalue weighted by molar-refractivity contribution is 7.07. The Bertz CT molecular complexity index is 1240. The molecule has 2 aromatic heterocycles. The van der Waals surface area contributed by atoms with E-state index >= 15 is 0 Å². The van der Waals surface area contributed by atoms with Gasteiger partial charge in [-0.2, -0.15) is 0 Å². The van der Waals surface area contributed by atoms with Crippen molar-refractivity contribution >= 4 is 28.8 Å². The molecule has 0 aliphatic heterocycles. The maximum atomic E-state index is 12.2. The summed E-state index contributed by atoms with van der Waals surface area (Å²) in [5.74, 6) is -0.134. The van der Waals surface area contributed by atoms with Crippen LogP contribution in [0.2, 0.25) is 5.02 Å². The summed E-state index contributed by atoms with van der Waals surface area (Å²) in [6.07, 6.45) is 4.46. The normalized spacial score (nSPS) is 11.4. The van der Waals surface area contributed by atoms with Gasteiger partial charge in [-0.25, -0.2) is 10.4 Å². The lowest BCUT2D eigenvalue weighted by Crippen LogP contribution is -2.28. The van der Waals surface area contributed by atoms with Crippen LogP contribution in [0.25, 0.3) is 16.9 Å². The molecule has 0 saturated heterocycles. The van der Waals surface area contributed by atoms with Crippen LogP contribution in [-0.4, -0.2) is 27.0 Å². The number of hydrogen-bond donors (Lipinski definition) is 1. The molecule has 2 heterocycles. The molecule has 0 saturated carbocycles. The van der Waals surface area contributed by atoms with Gasteiger partial charge in [-0.3, -0.25) is 14.3 Å². The number of halogens is 1. The summed E-state index contributed by atoms with van der Waals surface area (Å²) in [7, 11) is 0. The van der Waals surface area contributed by atoms with Crippen molar-refractivity contribution in [3.8, 4) is 22.8 Å². The van der Waals surface area contributed by atoms with Crippen molar-refractivity contribution < 1.29 is 9.53 Å². The van der Waals surface area contributed by atoms with Crippen molar-refractivity contribution in [1.82, 2.24) is 20.0 Å². The highest BCUT2D eigenvalue weighted by atomic mass is 35.5. The number of nitrogens with zero attached hydrogens (tertiary/aromatic N) is 4. The monoisotopic (exact) mass is 451 g/mol. The van der Waals surface area contributed by atoms with Gasteiger partial charge in [0.15, 0.2) is 6.61 Å². The molecule has 0 bridgehead atoms. The zero-order valence-electron chi connectivity index (χ0n) is 16.5. The topological polar surface area (TPSA) is 81.4 Å². The SMILES string of the molecule is Cc1ccc(-c2cs/c(=N\NC(=O)COc3cnccn3)n2-c2ccc(Cl)cc2)cc1. The molecule has 0 atom stereocenters. The molecule has 4 aromatic rings. The minimum Gasteiger partial charge on any atom is -0.466 e. The van der Waals surface area contributed by atoms with E-state index in [0.717, 1.165) is 16.9 Å². The minimum absolute atomic E-state index is 0.223. The summed E-state index contributed by atoms with van der Waals surface area (Å²) >= 11 is 7.48. The average molecular weight is 452 g/mol. The molecule has 0 aliphatic rings. The standard InChI is InChI=1S/C22H18ClN5O2S/c1-15-2-4-16(5-3-15)19-14-31-22(28(19)18-8-6-17(23)7-9-18)27-26-20(29)13-30-21-12-24-10-11-25-21/h2-12,14H,13H2,1H3,(H,26,29)/b27-22-. The van der Waals surface area contributed by atoms with Crippen LogP contribution in [0.3, 0.4) is 0 Å². The van der Waals surface area contributed by atoms with Crippen LogP contribution >= 0.6 is 22.9 Å². The number of amides is 1. The van der Waals surface area contributed by atoms with E-state index in [1.165, 1.54) is 35.5 Å². The minimum atomic E-state index is -0.404. The highest BCUT2D eigenvalue weighted by Crippen LogP contribution is 2.24. The number of rotatable bonds is 6. The second kappa shape index (κ2) is 9.55. The first kappa shape index (κ1) is 20.8. The van der Waals surface area contributed by atoms with Gasteiger partial charge < -0.3 is 4.74 Å². The Balaban J connectivity index is 1.63. The lowest BCUT2D eigenvalue weighted by Gasteiger charge is -2.10. The van der Waals surface area contributed by atoms with Crippen molar-refractivity contribution in [1.29, 1.82) is 0 Å². The van der Waals surface area contributed by atoms with Crippen LogP contribution in [0.15, 0.2) is 77.6 Å². The van der Waals surface area contributed by atoms with Crippen molar-refractivity contribution in [2.24, 2.45) is 5.10 Å². The van der Waals surface area contributed by atoms with Crippen molar-refractivity contribution in [2.45, 2.75) is 6.92 Å². The largest absolute Gasteiger partial charge is 0.466 e. The number of carbonyl (C=O) groups excluding carboxylic acids is 1. The first-order valence-corrected chi connectivity index (χ1v) is 10.6. The summed E-state index contributed by atoms with van der Waals surface area (Å²) in [5, 5.41) is 6.96. The average Bonchev–Trinajstić information content (AvgIpc) is 3.22. The molecule has 0 radical (unpaired) electrons. The zero-order chi connectivity index (χ0) is 21.6. The van der Waals surface area contributed by atoms with Gasteiger partial charge in [-0.05, 0) is 36.8 Å². The van der Waals surface area contributed by atoms with Gasteiger partial charge in [-0.1, -0.05) is 41.4 Å². The van der Waals surface area contributed by atoms with E-state index in [2.05, 4.69) is 44.8 Å². The van der Waals surface area contributed by atoms with E-state index in [4.69, 9.17) is 16.3 Å². The Morgan fingerprint density at radius 2 is 1.94 bits per heavy atom. The molecule has 1 amide bonds. The van der Waals surface area contributed by atoms with E-state index in [9.17, 15) is 4.79 Å². The third-order valence-electron chi connectivity index (χ3n) is 4.31. The predicted molar refractivity (Wildman–Crippen MR) is 120 cm³/mol. The number of aromatic nitrogens is 3. The van der Waals surface area contributed by atoms with Gasteiger partial charge in [0.05, 0.1) is 11.9 Å². The first-order chi connectivity index (χ1) is 15.1. The number of thiazole rings is 1. The quantitative estimate of drug-likeness (QED) is 0.450. The second-order valence-electron chi connectivity index (χ2n) is 6.56. The number of hydrogen-bond acceptors (Lipinski definition) is 6. The van der Waals surface area contributed by atoms with E-state index < -0.39 is 5.91 Å². The fourth-order valence-corrected chi connectivity index (χ4v) is 3.79. The van der Waals surface area contributed by atoms with Gasteiger partial charge >= 0.3 is 0 Å². The van der Waals surface area contributed by atoms with Crippen molar-refractivity contribution in [2.75, 3.05) is 6.61 Å². The number of ether oxygens (including phenoxy) is 1. The molecule has 0 aliphatic carbocycles. The smallest absolute Gasteiger partial charge is 0.278 e. The van der Waals surface area contributed by atoms with Gasteiger partial charge in [0.25, 0.3) is 5.91 Å². The third kappa shape index (κ3) is 5.17. The number of nitrogens with one attached hydrogen (secondary N) is 1.